The SMILES string of the molecule is CN(Cc1nccc(N)n1)[C@@H]1CCN(C(=O)CCCSC(C)(C)C)C1. The predicted octanol–water partition coefficient (Wildman–Crippen LogP) is 2.40. The van der Waals surface area contributed by atoms with E-state index in [-0.39, 0.29) is 10.7 Å². The minimum Gasteiger partial charge on any atom is -0.384 e. The van der Waals surface area contributed by atoms with Crippen LogP contribution in [0.25, 0.3) is 0 Å². The standard InChI is InChI=1S/C18H31N5OS/c1-18(2,3)25-11-5-6-17(24)23-10-8-14(12-23)22(4)13-16-20-9-7-15(19)21-16/h7,9,14H,5-6,8,10-13H2,1-4H3,(H2,19,20,21)/t14-/m1/s1. The second-order valence-corrected chi connectivity index (χ2v) is 9.58. The third-order valence-corrected chi connectivity index (χ3v) is 5.69. The van der Waals surface area contributed by atoms with Crippen molar-refractivity contribution in [2.24, 2.45) is 0 Å². The molecule has 1 aliphatic heterocycles. The summed E-state index contributed by atoms with van der Waals surface area (Å²) < 4.78 is 0.271. The molecule has 1 saturated heterocycles. The zero-order valence-electron chi connectivity index (χ0n) is 15.9. The highest BCUT2D eigenvalue weighted by atomic mass is 32.2. The van der Waals surface area contributed by atoms with Crippen molar-refractivity contribution >= 4 is 23.5 Å². The lowest BCUT2D eigenvalue weighted by molar-refractivity contribution is -0.130. The van der Waals surface area contributed by atoms with Crippen LogP contribution in [0.15, 0.2) is 12.3 Å². The lowest BCUT2D eigenvalue weighted by atomic mass is 10.2. The quantitative estimate of drug-likeness (QED) is 0.748. The lowest BCUT2D eigenvalue weighted by Crippen LogP contribution is -2.36. The van der Waals surface area contributed by atoms with E-state index in [1.54, 1.807) is 12.3 Å². The Morgan fingerprint density at radius 2 is 2.24 bits per heavy atom. The number of carbonyl (C=O) groups excluding carboxylic acids is 1. The summed E-state index contributed by atoms with van der Waals surface area (Å²) in [5.41, 5.74) is 5.71. The lowest BCUT2D eigenvalue weighted by Gasteiger charge is -2.24. The molecular weight excluding hydrogens is 334 g/mol. The van der Waals surface area contributed by atoms with Crippen LogP contribution < -0.4 is 5.73 Å². The topological polar surface area (TPSA) is 75.4 Å². The Hall–Kier alpha value is -1.34. The van der Waals surface area contributed by atoms with Crippen LogP contribution in [0.2, 0.25) is 0 Å². The molecule has 6 nitrogen and oxygen atoms in total. The number of anilines is 1. The van der Waals surface area contributed by atoms with E-state index < -0.39 is 0 Å². The molecule has 0 aliphatic carbocycles. The maximum atomic E-state index is 12.4. The van der Waals surface area contributed by atoms with Crippen molar-refractivity contribution in [1.82, 2.24) is 19.8 Å². The molecule has 1 atom stereocenters. The molecule has 0 bridgehead atoms. The number of nitrogens with zero attached hydrogens (tertiary/aromatic N) is 4. The van der Waals surface area contributed by atoms with Crippen LogP contribution in [-0.2, 0) is 11.3 Å². The Morgan fingerprint density at radius 3 is 2.92 bits per heavy atom. The molecule has 0 saturated carbocycles. The molecule has 1 amide bonds. The molecule has 0 unspecified atom stereocenters. The second-order valence-electron chi connectivity index (χ2n) is 7.66. The first-order chi connectivity index (χ1) is 11.7. The molecule has 1 aliphatic rings. The number of aromatic nitrogens is 2. The van der Waals surface area contributed by atoms with Gasteiger partial charge in [0, 0.05) is 36.5 Å². The minimum absolute atomic E-state index is 0.271. The van der Waals surface area contributed by atoms with Gasteiger partial charge < -0.3 is 10.6 Å². The number of nitrogens with two attached hydrogens (primary N) is 1. The maximum absolute atomic E-state index is 12.4. The summed E-state index contributed by atoms with van der Waals surface area (Å²) >= 11 is 1.92. The van der Waals surface area contributed by atoms with Crippen molar-refractivity contribution < 1.29 is 4.79 Å². The Balaban J connectivity index is 1.73. The highest BCUT2D eigenvalue weighted by molar-refractivity contribution is 8.00. The van der Waals surface area contributed by atoms with Gasteiger partial charge in [-0.1, -0.05) is 20.8 Å². The third kappa shape index (κ3) is 6.82. The average molecular weight is 366 g/mol. The van der Waals surface area contributed by atoms with Gasteiger partial charge in [-0.3, -0.25) is 9.69 Å². The van der Waals surface area contributed by atoms with Crippen LogP contribution in [0.1, 0.15) is 45.9 Å². The number of rotatable bonds is 7. The number of hydrogen-bond donors (Lipinski definition) is 1. The summed E-state index contributed by atoms with van der Waals surface area (Å²) in [6, 6.07) is 2.05. The third-order valence-electron chi connectivity index (χ3n) is 4.33. The first-order valence-electron chi connectivity index (χ1n) is 8.94. The minimum atomic E-state index is 0.271. The van der Waals surface area contributed by atoms with Crippen LogP contribution >= 0.6 is 11.8 Å². The Kier molecular flexibility index (Phi) is 7.07. The highest BCUT2D eigenvalue weighted by Crippen LogP contribution is 2.24. The summed E-state index contributed by atoms with van der Waals surface area (Å²) in [5.74, 6) is 2.55. The number of carbonyl (C=O) groups is 1. The summed E-state index contributed by atoms with van der Waals surface area (Å²) in [5, 5.41) is 0. The summed E-state index contributed by atoms with van der Waals surface area (Å²) in [4.78, 5) is 25.1. The molecule has 1 aromatic rings. The van der Waals surface area contributed by atoms with Crippen LogP contribution in [0.4, 0.5) is 5.82 Å². The van der Waals surface area contributed by atoms with E-state index in [1.807, 2.05) is 16.7 Å². The number of thioether (sulfide) groups is 1. The van der Waals surface area contributed by atoms with Gasteiger partial charge in [0.25, 0.3) is 0 Å². The normalized spacial score (nSPS) is 18.1. The molecule has 0 radical (unpaired) electrons. The zero-order valence-corrected chi connectivity index (χ0v) is 16.7. The van der Waals surface area contributed by atoms with Gasteiger partial charge in [0.05, 0.1) is 6.54 Å². The van der Waals surface area contributed by atoms with Gasteiger partial charge >= 0.3 is 0 Å². The Labute approximate surface area is 155 Å². The summed E-state index contributed by atoms with van der Waals surface area (Å²) in [7, 11) is 2.06. The van der Waals surface area contributed by atoms with E-state index >= 15 is 0 Å². The van der Waals surface area contributed by atoms with Gasteiger partial charge in [-0.25, -0.2) is 9.97 Å². The van der Waals surface area contributed by atoms with Crippen LogP contribution in [0.5, 0.6) is 0 Å². The Bertz CT molecular complexity index is 575. The van der Waals surface area contributed by atoms with Crippen LogP contribution in [0, 0.1) is 0 Å². The highest BCUT2D eigenvalue weighted by Gasteiger charge is 2.28. The molecule has 0 spiro atoms. The van der Waals surface area contributed by atoms with Crippen molar-refractivity contribution in [1.29, 1.82) is 0 Å². The first-order valence-corrected chi connectivity index (χ1v) is 9.92. The van der Waals surface area contributed by atoms with Gasteiger partial charge in [-0.15, -0.1) is 0 Å². The number of hydrogen-bond acceptors (Lipinski definition) is 6. The fourth-order valence-corrected chi connectivity index (χ4v) is 3.83. The van der Waals surface area contributed by atoms with Crippen molar-refractivity contribution in [3.8, 4) is 0 Å². The van der Waals surface area contributed by atoms with E-state index in [0.29, 0.717) is 24.8 Å². The van der Waals surface area contributed by atoms with Crippen molar-refractivity contribution in [2.75, 3.05) is 31.6 Å². The van der Waals surface area contributed by atoms with Gasteiger partial charge in [-0.05, 0) is 31.7 Å². The molecule has 2 heterocycles. The van der Waals surface area contributed by atoms with Gasteiger partial charge in [-0.2, -0.15) is 11.8 Å². The monoisotopic (exact) mass is 365 g/mol. The van der Waals surface area contributed by atoms with E-state index in [9.17, 15) is 4.79 Å². The van der Waals surface area contributed by atoms with Crippen LogP contribution in [0.3, 0.4) is 0 Å². The number of likely N-dealkylation sites (N-methyl/N-ethyl adjacent to an activating group) is 1. The Morgan fingerprint density at radius 1 is 1.48 bits per heavy atom. The largest absolute Gasteiger partial charge is 0.384 e. The number of likely N-dealkylation sites (tertiary alicyclic amines) is 1. The van der Waals surface area contributed by atoms with Gasteiger partial charge in [0.2, 0.25) is 5.91 Å². The molecule has 7 heteroatoms. The fraction of sp³-hybridized carbons (Fsp3) is 0.722. The van der Waals surface area contributed by atoms with Crippen molar-refractivity contribution in [2.45, 2.75) is 57.4 Å². The molecule has 25 heavy (non-hydrogen) atoms. The fourth-order valence-electron chi connectivity index (χ4n) is 2.93. The predicted molar refractivity (Wildman–Crippen MR) is 104 cm³/mol. The van der Waals surface area contributed by atoms with E-state index in [4.69, 9.17) is 5.73 Å². The van der Waals surface area contributed by atoms with Crippen LogP contribution in [-0.4, -0.2) is 62.4 Å². The number of nitrogen functional groups attached to an aromatic ring is 1. The first kappa shape index (κ1) is 20.0. The summed E-state index contributed by atoms with van der Waals surface area (Å²) in [6.07, 6.45) is 4.29. The number of amides is 1. The maximum Gasteiger partial charge on any atom is 0.222 e. The second kappa shape index (κ2) is 8.85. The van der Waals surface area contributed by atoms with E-state index in [2.05, 4.69) is 42.7 Å². The molecule has 0 aromatic carbocycles. The molecule has 140 valence electrons. The molecule has 2 rings (SSSR count). The van der Waals surface area contributed by atoms with E-state index in [1.165, 1.54) is 0 Å². The molecule has 1 aromatic heterocycles. The smallest absolute Gasteiger partial charge is 0.222 e. The average Bonchev–Trinajstić information content (AvgIpc) is 3.00. The van der Waals surface area contributed by atoms with Crippen molar-refractivity contribution in [3.63, 3.8) is 0 Å². The van der Waals surface area contributed by atoms with Gasteiger partial charge in [0.1, 0.15) is 11.6 Å². The van der Waals surface area contributed by atoms with E-state index in [0.717, 1.165) is 37.5 Å². The molecular formula is C18H31N5OS. The molecule has 2 N–H and O–H groups in total. The van der Waals surface area contributed by atoms with Crippen molar-refractivity contribution in [3.05, 3.63) is 18.1 Å². The summed E-state index contributed by atoms with van der Waals surface area (Å²) in [6.45, 7) is 8.93. The zero-order chi connectivity index (χ0) is 18.4. The molecule has 1 fully saturated rings. The van der Waals surface area contributed by atoms with Gasteiger partial charge in [0.15, 0.2) is 0 Å².